The smallest absolute Gasteiger partial charge is 0.237 e. The summed E-state index contributed by atoms with van der Waals surface area (Å²) in [5.41, 5.74) is 2.48. The molecule has 1 heterocycles. The van der Waals surface area contributed by atoms with Gasteiger partial charge in [0.15, 0.2) is 0 Å². The third-order valence-electron chi connectivity index (χ3n) is 3.20. The van der Waals surface area contributed by atoms with Crippen LogP contribution in [-0.2, 0) is 22.6 Å². The largest absolute Gasteiger partial charge is 0.355 e. The van der Waals surface area contributed by atoms with E-state index < -0.39 is 0 Å². The summed E-state index contributed by atoms with van der Waals surface area (Å²) in [4.78, 5) is 22.7. The Morgan fingerprint density at radius 3 is 2.63 bits per heavy atom. The Kier molecular flexibility index (Phi) is 4.52. The van der Waals surface area contributed by atoms with Crippen molar-refractivity contribution in [1.29, 1.82) is 0 Å². The van der Waals surface area contributed by atoms with E-state index in [2.05, 4.69) is 28.1 Å². The molecule has 2 rings (SSSR count). The first-order chi connectivity index (χ1) is 9.16. The zero-order valence-corrected chi connectivity index (χ0v) is 11.0. The third kappa shape index (κ3) is 3.79. The number of hydrogen-bond acceptors (Lipinski definition) is 3. The van der Waals surface area contributed by atoms with E-state index >= 15 is 0 Å². The molecule has 1 atom stereocenters. The van der Waals surface area contributed by atoms with Gasteiger partial charge in [0.1, 0.15) is 0 Å². The van der Waals surface area contributed by atoms with Gasteiger partial charge in [-0.1, -0.05) is 24.3 Å². The van der Waals surface area contributed by atoms with Gasteiger partial charge in [-0.2, -0.15) is 0 Å². The molecule has 0 aromatic heterocycles. The predicted octanol–water partition coefficient (Wildman–Crippen LogP) is -0.0468. The van der Waals surface area contributed by atoms with Crippen molar-refractivity contribution in [3.63, 3.8) is 0 Å². The van der Waals surface area contributed by atoms with E-state index in [1.165, 1.54) is 18.1 Å². The zero-order valence-electron chi connectivity index (χ0n) is 11.0. The van der Waals surface area contributed by atoms with Crippen LogP contribution >= 0.6 is 0 Å². The Morgan fingerprint density at radius 2 is 1.89 bits per heavy atom. The second-order valence-corrected chi connectivity index (χ2v) is 4.68. The molecule has 0 bridgehead atoms. The molecule has 0 saturated heterocycles. The molecule has 5 heteroatoms. The predicted molar refractivity (Wildman–Crippen MR) is 72.5 cm³/mol. The highest BCUT2D eigenvalue weighted by atomic mass is 16.2. The van der Waals surface area contributed by atoms with Crippen LogP contribution in [0.5, 0.6) is 0 Å². The minimum atomic E-state index is -0.188. The molecule has 19 heavy (non-hydrogen) atoms. The van der Waals surface area contributed by atoms with E-state index in [9.17, 15) is 9.59 Å². The van der Waals surface area contributed by atoms with Gasteiger partial charge in [-0.3, -0.25) is 9.59 Å². The Morgan fingerprint density at radius 1 is 1.21 bits per heavy atom. The van der Waals surface area contributed by atoms with Gasteiger partial charge in [-0.25, -0.2) is 0 Å². The van der Waals surface area contributed by atoms with Crippen molar-refractivity contribution >= 4 is 11.8 Å². The fraction of sp³-hybridized carbons (Fsp3) is 0.429. The van der Waals surface area contributed by atoms with Gasteiger partial charge < -0.3 is 16.0 Å². The molecule has 0 fully saturated rings. The van der Waals surface area contributed by atoms with Crippen LogP contribution in [0.4, 0.5) is 0 Å². The number of fused-ring (bicyclic) bond motifs is 1. The van der Waals surface area contributed by atoms with Crippen LogP contribution < -0.4 is 16.0 Å². The lowest BCUT2D eigenvalue weighted by molar-refractivity contribution is -0.123. The number of nitrogens with one attached hydrogen (secondary N) is 3. The molecular formula is C14H19N3O2. The SMILES string of the molecule is CC(=O)NCCNC(=O)[C@@H]1Cc2ccccc2CN1. The van der Waals surface area contributed by atoms with Crippen LogP contribution in [0.2, 0.25) is 0 Å². The first kappa shape index (κ1) is 13.5. The van der Waals surface area contributed by atoms with E-state index in [1.807, 2.05) is 12.1 Å². The Hall–Kier alpha value is -1.88. The van der Waals surface area contributed by atoms with Crippen molar-refractivity contribution in [2.75, 3.05) is 13.1 Å². The molecule has 5 nitrogen and oxygen atoms in total. The lowest BCUT2D eigenvalue weighted by Gasteiger charge is -2.25. The molecule has 0 spiro atoms. The van der Waals surface area contributed by atoms with Gasteiger partial charge in [0.25, 0.3) is 0 Å². The molecule has 0 aliphatic carbocycles. The first-order valence-electron chi connectivity index (χ1n) is 6.49. The molecule has 102 valence electrons. The summed E-state index contributed by atoms with van der Waals surface area (Å²) < 4.78 is 0. The van der Waals surface area contributed by atoms with Crippen molar-refractivity contribution in [3.05, 3.63) is 35.4 Å². The van der Waals surface area contributed by atoms with Crippen LogP contribution in [0.1, 0.15) is 18.1 Å². The maximum absolute atomic E-state index is 12.0. The number of carbonyl (C=O) groups is 2. The van der Waals surface area contributed by atoms with Gasteiger partial charge in [-0.05, 0) is 17.5 Å². The Balaban J connectivity index is 1.80. The van der Waals surface area contributed by atoms with Crippen LogP contribution in [0.15, 0.2) is 24.3 Å². The lowest BCUT2D eigenvalue weighted by atomic mass is 9.95. The third-order valence-corrected chi connectivity index (χ3v) is 3.20. The monoisotopic (exact) mass is 261 g/mol. The van der Waals surface area contributed by atoms with Crippen molar-refractivity contribution in [2.24, 2.45) is 0 Å². The molecule has 0 saturated carbocycles. The standard InChI is InChI=1S/C14H19N3O2/c1-10(18)15-6-7-16-14(19)13-8-11-4-2-3-5-12(11)9-17-13/h2-5,13,17H,6-9H2,1H3,(H,15,18)(H,16,19)/t13-/m0/s1. The summed E-state index contributed by atoms with van der Waals surface area (Å²) >= 11 is 0. The van der Waals surface area contributed by atoms with Crippen molar-refractivity contribution < 1.29 is 9.59 Å². The highest BCUT2D eigenvalue weighted by molar-refractivity contribution is 5.82. The van der Waals surface area contributed by atoms with Crippen molar-refractivity contribution in [2.45, 2.75) is 25.9 Å². The van der Waals surface area contributed by atoms with Crippen molar-refractivity contribution in [1.82, 2.24) is 16.0 Å². The minimum Gasteiger partial charge on any atom is -0.355 e. The highest BCUT2D eigenvalue weighted by Crippen LogP contribution is 2.16. The van der Waals surface area contributed by atoms with Crippen LogP contribution in [0, 0.1) is 0 Å². The van der Waals surface area contributed by atoms with Gasteiger partial charge in [0.2, 0.25) is 11.8 Å². The summed E-state index contributed by atoms with van der Waals surface area (Å²) in [6.45, 7) is 3.10. The number of hydrogen-bond donors (Lipinski definition) is 3. The number of rotatable bonds is 4. The molecule has 0 unspecified atom stereocenters. The first-order valence-corrected chi connectivity index (χ1v) is 6.49. The second-order valence-electron chi connectivity index (χ2n) is 4.68. The number of carbonyl (C=O) groups excluding carboxylic acids is 2. The van der Waals surface area contributed by atoms with Crippen LogP contribution in [0.25, 0.3) is 0 Å². The van der Waals surface area contributed by atoms with Crippen molar-refractivity contribution in [3.8, 4) is 0 Å². The van der Waals surface area contributed by atoms with Gasteiger partial charge in [0, 0.05) is 26.6 Å². The fourth-order valence-electron chi connectivity index (χ4n) is 2.19. The maximum atomic E-state index is 12.0. The quantitative estimate of drug-likeness (QED) is 0.666. The number of benzene rings is 1. The maximum Gasteiger partial charge on any atom is 0.237 e. The molecular weight excluding hydrogens is 242 g/mol. The summed E-state index contributed by atoms with van der Waals surface area (Å²) in [5, 5.41) is 8.69. The molecule has 0 radical (unpaired) electrons. The zero-order chi connectivity index (χ0) is 13.7. The van der Waals surface area contributed by atoms with Gasteiger partial charge >= 0.3 is 0 Å². The molecule has 1 aliphatic heterocycles. The summed E-state index contributed by atoms with van der Waals surface area (Å²) in [6, 6.07) is 7.96. The van der Waals surface area contributed by atoms with E-state index in [1.54, 1.807) is 0 Å². The number of amides is 2. The average Bonchev–Trinajstić information content (AvgIpc) is 2.42. The normalized spacial score (nSPS) is 17.4. The second kappa shape index (κ2) is 6.33. The van der Waals surface area contributed by atoms with Gasteiger partial charge in [0.05, 0.1) is 6.04 Å². The van der Waals surface area contributed by atoms with E-state index in [-0.39, 0.29) is 17.9 Å². The highest BCUT2D eigenvalue weighted by Gasteiger charge is 2.23. The van der Waals surface area contributed by atoms with E-state index in [0.29, 0.717) is 19.5 Å². The molecule has 2 amide bonds. The molecule has 1 aliphatic rings. The molecule has 3 N–H and O–H groups in total. The minimum absolute atomic E-state index is 0.0140. The van der Waals surface area contributed by atoms with Crippen LogP contribution in [-0.4, -0.2) is 30.9 Å². The fourth-order valence-corrected chi connectivity index (χ4v) is 2.19. The molecule has 1 aromatic carbocycles. The Labute approximate surface area is 112 Å². The summed E-state index contributed by atoms with van der Waals surface area (Å²) in [5.74, 6) is -0.0983. The molecule has 1 aromatic rings. The van der Waals surface area contributed by atoms with E-state index in [4.69, 9.17) is 0 Å². The lowest BCUT2D eigenvalue weighted by Crippen LogP contribution is -2.48. The summed E-state index contributed by atoms with van der Waals surface area (Å²) in [6.07, 6.45) is 0.710. The van der Waals surface area contributed by atoms with Gasteiger partial charge in [-0.15, -0.1) is 0 Å². The average molecular weight is 261 g/mol. The van der Waals surface area contributed by atoms with E-state index in [0.717, 1.165) is 6.54 Å². The summed E-state index contributed by atoms with van der Waals surface area (Å²) in [7, 11) is 0. The topological polar surface area (TPSA) is 70.2 Å². The Bertz CT molecular complexity index is 474. The van der Waals surface area contributed by atoms with Crippen LogP contribution in [0.3, 0.4) is 0 Å².